The normalized spacial score (nSPS) is 16.5. The Balaban J connectivity index is 0.942. The number of benzene rings is 5. The summed E-state index contributed by atoms with van der Waals surface area (Å²) in [5.74, 6) is 1.20. The maximum absolute atomic E-state index is 12.6. The van der Waals surface area contributed by atoms with Crippen molar-refractivity contribution in [3.63, 3.8) is 0 Å². The molecule has 10 nitrogen and oxygen atoms in total. The van der Waals surface area contributed by atoms with E-state index >= 15 is 0 Å². The first kappa shape index (κ1) is 40.5. The molecule has 1 aromatic heterocycles. The predicted octanol–water partition coefficient (Wildman–Crippen LogP) is 9.63. The predicted molar refractivity (Wildman–Crippen MR) is 227 cm³/mol. The van der Waals surface area contributed by atoms with Crippen molar-refractivity contribution >= 4 is 35.0 Å². The van der Waals surface area contributed by atoms with Crippen molar-refractivity contribution in [1.29, 1.82) is 0 Å². The second kappa shape index (κ2) is 20.1. The maximum Gasteiger partial charge on any atom is 0.256 e. The second-order valence-electron chi connectivity index (χ2n) is 14.3. The Hall–Kier alpha value is -5.72. The van der Waals surface area contributed by atoms with Gasteiger partial charge < -0.3 is 35.4 Å². The molecule has 0 saturated carbocycles. The number of aromatic nitrogens is 1. The molecule has 5 aromatic carbocycles. The smallest absolute Gasteiger partial charge is 0.256 e. The van der Waals surface area contributed by atoms with Crippen LogP contribution in [0.2, 0.25) is 0 Å². The zero-order valence-electron chi connectivity index (χ0n) is 32.2. The average molecular weight is 797 g/mol. The van der Waals surface area contributed by atoms with Crippen LogP contribution in [0.1, 0.15) is 73.2 Å². The summed E-state index contributed by atoms with van der Waals surface area (Å²) in [6.45, 7) is 0.374. The fourth-order valence-corrected chi connectivity index (χ4v) is 7.62. The molecule has 0 radical (unpaired) electrons. The van der Waals surface area contributed by atoms with Crippen LogP contribution >= 0.6 is 11.8 Å². The highest BCUT2D eigenvalue weighted by Crippen LogP contribution is 2.41. The molecule has 1 aliphatic rings. The molecule has 0 unspecified atom stereocenters. The number of aliphatic hydroxyl groups is 1. The Labute approximate surface area is 343 Å². The molecule has 1 saturated heterocycles. The average Bonchev–Trinajstić information content (AvgIpc) is 3.71. The number of nitrogens with one attached hydrogen (secondary N) is 2. The van der Waals surface area contributed by atoms with E-state index in [2.05, 4.69) is 10.6 Å². The summed E-state index contributed by atoms with van der Waals surface area (Å²) in [4.78, 5) is 29.8. The third-order valence-electron chi connectivity index (χ3n) is 9.98. The van der Waals surface area contributed by atoms with Crippen LogP contribution in [0.4, 0.5) is 11.4 Å². The summed E-state index contributed by atoms with van der Waals surface area (Å²) in [6.07, 6.45) is 2.51. The molecule has 6 aromatic rings. The molecule has 7 rings (SSSR count). The van der Waals surface area contributed by atoms with Gasteiger partial charge in [-0.15, -0.1) is 0 Å². The van der Waals surface area contributed by atoms with Crippen molar-refractivity contribution in [3.05, 3.63) is 156 Å². The van der Waals surface area contributed by atoms with Crippen LogP contribution in [-0.2, 0) is 32.2 Å². The van der Waals surface area contributed by atoms with E-state index in [1.54, 1.807) is 12.1 Å². The molecule has 2 amide bonds. The Morgan fingerprint density at radius 3 is 2.07 bits per heavy atom. The second-order valence-corrected chi connectivity index (χ2v) is 15.2. The van der Waals surface area contributed by atoms with Gasteiger partial charge in [0.05, 0.1) is 30.2 Å². The number of carbonyl (C=O) groups is 2. The highest BCUT2D eigenvalue weighted by atomic mass is 32.2. The lowest BCUT2D eigenvalue weighted by Crippen LogP contribution is -2.31. The largest absolute Gasteiger partial charge is 0.431 e. The van der Waals surface area contributed by atoms with E-state index in [0.717, 1.165) is 51.3 Å². The number of rotatable bonds is 17. The Morgan fingerprint density at radius 2 is 1.36 bits per heavy atom. The minimum atomic E-state index is -0.623. The minimum Gasteiger partial charge on any atom is -0.431 e. The quantitative estimate of drug-likeness (QED) is 0.0402. The lowest BCUT2D eigenvalue weighted by molar-refractivity contribution is -0.245. The first-order chi connectivity index (χ1) is 28.4. The van der Waals surface area contributed by atoms with Crippen molar-refractivity contribution in [1.82, 2.24) is 10.3 Å². The number of oxazole rings is 1. The molecular formula is C47H48N4O6S. The van der Waals surface area contributed by atoms with Crippen LogP contribution in [-0.4, -0.2) is 33.8 Å². The number of anilines is 2. The van der Waals surface area contributed by atoms with E-state index in [0.29, 0.717) is 61.0 Å². The lowest BCUT2D eigenvalue weighted by Gasteiger charge is -2.36. The van der Waals surface area contributed by atoms with Crippen LogP contribution in [0.15, 0.2) is 143 Å². The third kappa shape index (κ3) is 11.0. The molecular weight excluding hydrogens is 749 g/mol. The van der Waals surface area contributed by atoms with Gasteiger partial charge in [0.2, 0.25) is 11.8 Å². The number of amides is 2. The summed E-state index contributed by atoms with van der Waals surface area (Å²) in [5, 5.41) is 16.0. The number of hydrogen-bond donors (Lipinski definition) is 4. The number of carbonyl (C=O) groups excluding carboxylic acids is 2. The zero-order chi connectivity index (χ0) is 40.1. The van der Waals surface area contributed by atoms with Gasteiger partial charge in [-0.1, -0.05) is 140 Å². The Bertz CT molecular complexity index is 2180. The first-order valence-corrected chi connectivity index (χ1v) is 20.7. The Morgan fingerprint density at radius 1 is 0.724 bits per heavy atom. The third-order valence-corrected chi connectivity index (χ3v) is 10.9. The van der Waals surface area contributed by atoms with Gasteiger partial charge in [0.25, 0.3) is 5.22 Å². The first-order valence-electron chi connectivity index (χ1n) is 19.7. The van der Waals surface area contributed by atoms with Crippen LogP contribution < -0.4 is 16.4 Å². The number of nitrogens with zero attached hydrogens (tertiary/aromatic N) is 1. The number of thioether (sulfide) groups is 1. The fourth-order valence-electron chi connectivity index (χ4n) is 6.78. The Kier molecular flexibility index (Phi) is 14.0. The van der Waals surface area contributed by atoms with E-state index in [1.807, 2.05) is 121 Å². The lowest BCUT2D eigenvalue weighted by atomic mass is 10.0. The standard InChI is InChI=1S/C47H48N4O6S/c48-39-16-10-11-17-40(39)50-43(54)19-9-3-8-18-42(53)49-29-32-20-26-37(27-21-32)46-55-38(28-41(56-46)34-24-22-33(30-52)23-25-34)31-58-47-51-44(35-12-4-1-5-13-35)45(57-47)36-14-6-2-7-15-36/h1-2,4-7,10-17,20-27,38,41,46,52H,3,8-9,18-19,28-31,48H2,(H,49,53)(H,50,54)/t38-,41+,46+/m0/s1. The summed E-state index contributed by atoms with van der Waals surface area (Å²) < 4.78 is 19.6. The summed E-state index contributed by atoms with van der Waals surface area (Å²) in [6, 6.07) is 43.0. The summed E-state index contributed by atoms with van der Waals surface area (Å²) >= 11 is 1.52. The number of nitrogen functional groups attached to an aromatic ring is 1. The number of hydrogen-bond acceptors (Lipinski definition) is 9. The van der Waals surface area contributed by atoms with E-state index in [9.17, 15) is 14.7 Å². The molecule has 1 fully saturated rings. The van der Waals surface area contributed by atoms with Crippen molar-refractivity contribution < 1.29 is 28.6 Å². The van der Waals surface area contributed by atoms with Gasteiger partial charge in [0.15, 0.2) is 12.1 Å². The maximum atomic E-state index is 12.6. The molecule has 0 aliphatic carbocycles. The highest BCUT2D eigenvalue weighted by Gasteiger charge is 2.33. The monoisotopic (exact) mass is 796 g/mol. The zero-order valence-corrected chi connectivity index (χ0v) is 33.0. The van der Waals surface area contributed by atoms with Gasteiger partial charge in [-0.3, -0.25) is 9.59 Å². The van der Waals surface area contributed by atoms with Crippen LogP contribution in [0.3, 0.4) is 0 Å². The summed E-state index contributed by atoms with van der Waals surface area (Å²) in [7, 11) is 0. The molecule has 298 valence electrons. The summed E-state index contributed by atoms with van der Waals surface area (Å²) in [5.41, 5.74) is 13.5. The van der Waals surface area contributed by atoms with E-state index < -0.39 is 6.29 Å². The van der Waals surface area contributed by atoms with E-state index in [1.165, 1.54) is 11.8 Å². The molecule has 3 atom stereocenters. The molecule has 0 spiro atoms. The van der Waals surface area contributed by atoms with E-state index in [4.69, 9.17) is 24.6 Å². The van der Waals surface area contributed by atoms with Crippen molar-refractivity contribution in [2.24, 2.45) is 0 Å². The van der Waals surface area contributed by atoms with Crippen LogP contribution in [0.5, 0.6) is 0 Å². The van der Waals surface area contributed by atoms with Crippen LogP contribution in [0, 0.1) is 0 Å². The van der Waals surface area contributed by atoms with Crippen molar-refractivity contribution in [2.45, 2.75) is 75.4 Å². The van der Waals surface area contributed by atoms with Crippen molar-refractivity contribution in [2.75, 3.05) is 16.8 Å². The molecule has 1 aliphatic heterocycles. The van der Waals surface area contributed by atoms with Crippen LogP contribution in [0.25, 0.3) is 22.6 Å². The number of ether oxygens (including phenoxy) is 2. The number of unbranched alkanes of at least 4 members (excludes halogenated alkanes) is 2. The van der Waals surface area contributed by atoms with Gasteiger partial charge in [0.1, 0.15) is 5.69 Å². The fraction of sp³-hybridized carbons (Fsp3) is 0.255. The highest BCUT2D eigenvalue weighted by molar-refractivity contribution is 7.99. The van der Waals surface area contributed by atoms with E-state index in [-0.39, 0.29) is 30.6 Å². The molecule has 58 heavy (non-hydrogen) atoms. The SMILES string of the molecule is Nc1ccccc1NC(=O)CCCCCC(=O)NCc1ccc([C@@H]2O[C@H](CSc3nc(-c4ccccc4)c(-c4ccccc4)o3)C[C@H](c3ccc(CO)cc3)O2)cc1. The molecule has 0 bridgehead atoms. The topological polar surface area (TPSA) is 149 Å². The van der Waals surface area contributed by atoms with Gasteiger partial charge in [-0.2, -0.15) is 0 Å². The molecule has 5 N–H and O–H groups in total. The molecule has 11 heteroatoms. The van der Waals surface area contributed by atoms with Crippen molar-refractivity contribution in [3.8, 4) is 22.6 Å². The minimum absolute atomic E-state index is 0.0259. The number of para-hydroxylation sites is 2. The number of nitrogens with two attached hydrogens (primary N) is 1. The molecule has 2 heterocycles. The number of aliphatic hydroxyl groups excluding tert-OH is 1. The van der Waals surface area contributed by atoms with Gasteiger partial charge in [0, 0.05) is 48.3 Å². The van der Waals surface area contributed by atoms with Gasteiger partial charge in [-0.05, 0) is 41.7 Å². The van der Waals surface area contributed by atoms with Gasteiger partial charge >= 0.3 is 0 Å². The van der Waals surface area contributed by atoms with Gasteiger partial charge in [-0.25, -0.2) is 4.98 Å².